The van der Waals surface area contributed by atoms with Crippen molar-refractivity contribution in [2.45, 2.75) is 63.3 Å². The van der Waals surface area contributed by atoms with E-state index < -0.39 is 5.60 Å². The summed E-state index contributed by atoms with van der Waals surface area (Å²) < 4.78 is 12.7. The number of halogens is 2. The lowest BCUT2D eigenvalue weighted by atomic mass is 9.96. The van der Waals surface area contributed by atoms with Crippen LogP contribution in [0.25, 0.3) is 11.1 Å². The van der Waals surface area contributed by atoms with Crippen molar-refractivity contribution in [1.29, 1.82) is 0 Å². The van der Waals surface area contributed by atoms with Crippen LogP contribution in [0, 0.1) is 0 Å². The van der Waals surface area contributed by atoms with Gasteiger partial charge in [-0.2, -0.15) is 0 Å². The number of hydrogen-bond acceptors (Lipinski definition) is 4. The summed E-state index contributed by atoms with van der Waals surface area (Å²) in [6.45, 7) is 0.363. The molecule has 0 saturated heterocycles. The second-order valence-corrected chi connectivity index (χ2v) is 9.93. The first-order valence-corrected chi connectivity index (χ1v) is 12.6. The number of nitrogens with zero attached hydrogens (tertiary/aromatic N) is 1. The summed E-state index contributed by atoms with van der Waals surface area (Å²) >= 11 is 13.1. The zero-order chi connectivity index (χ0) is 23.5. The molecule has 0 N–H and O–H groups in total. The van der Waals surface area contributed by atoms with Gasteiger partial charge in [-0.15, -0.1) is 0 Å². The van der Waals surface area contributed by atoms with Crippen molar-refractivity contribution >= 4 is 29.5 Å². The lowest BCUT2D eigenvalue weighted by molar-refractivity contribution is -0.107. The highest BCUT2D eigenvalue weighted by Gasteiger charge is 2.47. The molecule has 0 amide bonds. The monoisotopic (exact) mass is 495 g/mol. The molecule has 6 heteroatoms. The van der Waals surface area contributed by atoms with E-state index in [1.807, 2.05) is 48.8 Å². The van der Waals surface area contributed by atoms with Gasteiger partial charge < -0.3 is 14.3 Å². The Kier molecular flexibility index (Phi) is 6.91. The second-order valence-electron chi connectivity index (χ2n) is 9.11. The molecule has 34 heavy (non-hydrogen) atoms. The third kappa shape index (κ3) is 5.14. The Balaban J connectivity index is 1.37. The van der Waals surface area contributed by atoms with Crippen molar-refractivity contribution in [1.82, 2.24) is 4.98 Å². The number of benzene rings is 2. The molecular formula is C28H27Cl2NO3. The highest BCUT2D eigenvalue weighted by molar-refractivity contribution is 6.34. The number of pyridine rings is 1. The predicted molar refractivity (Wildman–Crippen MR) is 134 cm³/mol. The van der Waals surface area contributed by atoms with Gasteiger partial charge in [0.15, 0.2) is 0 Å². The molecule has 3 aromatic rings. The molecule has 2 aliphatic rings. The van der Waals surface area contributed by atoms with Gasteiger partial charge in [0.2, 0.25) is 0 Å². The third-order valence-electron chi connectivity index (χ3n) is 6.50. The molecule has 2 aliphatic carbocycles. The first kappa shape index (κ1) is 23.3. The van der Waals surface area contributed by atoms with E-state index in [9.17, 15) is 4.79 Å². The molecule has 2 saturated carbocycles. The van der Waals surface area contributed by atoms with Crippen LogP contribution in [0.1, 0.15) is 55.2 Å². The number of ether oxygens (including phenoxy) is 2. The molecule has 0 spiro atoms. The predicted octanol–water partition coefficient (Wildman–Crippen LogP) is 7.32. The minimum Gasteiger partial charge on any atom is -0.490 e. The summed E-state index contributed by atoms with van der Waals surface area (Å²) in [7, 11) is 0. The Hall–Kier alpha value is -2.40. The van der Waals surface area contributed by atoms with E-state index in [-0.39, 0.29) is 0 Å². The number of aldehydes is 1. The smallest absolute Gasteiger partial charge is 0.127 e. The van der Waals surface area contributed by atoms with Crippen molar-refractivity contribution < 1.29 is 14.3 Å². The molecule has 0 bridgehead atoms. The SMILES string of the molecule is O=CCCCc1cc(Cl)c(COC2(c3cnccc3-c3ccccc3OC3CC3)CC2)cc1Cl. The molecule has 2 fully saturated rings. The second kappa shape index (κ2) is 10.1. The fraction of sp³-hybridized carbons (Fsp3) is 0.357. The van der Waals surface area contributed by atoms with Gasteiger partial charge in [-0.05, 0) is 79.5 Å². The summed E-state index contributed by atoms with van der Waals surface area (Å²) in [6.07, 6.45) is 11.1. The summed E-state index contributed by atoms with van der Waals surface area (Å²) in [5, 5.41) is 1.29. The number of aromatic nitrogens is 1. The number of rotatable bonds is 11. The summed E-state index contributed by atoms with van der Waals surface area (Å²) in [4.78, 5) is 15.0. The Labute approximate surface area is 210 Å². The standard InChI is InChI=1S/C28H27Cl2NO3/c29-25-16-20(26(30)15-19(25)5-3-4-14-32)18-33-28(11-12-28)24-17-31-13-10-22(24)23-6-1-2-7-27(23)34-21-8-9-21/h1-2,6-7,10,13-17,21H,3-5,8-9,11-12,18H2. The van der Waals surface area contributed by atoms with Crippen LogP contribution < -0.4 is 4.74 Å². The highest BCUT2D eigenvalue weighted by Crippen LogP contribution is 2.53. The molecule has 2 aromatic carbocycles. The van der Waals surface area contributed by atoms with Crippen LogP contribution in [0.2, 0.25) is 10.0 Å². The van der Waals surface area contributed by atoms with Gasteiger partial charge in [0.25, 0.3) is 0 Å². The Morgan fingerprint density at radius 3 is 2.56 bits per heavy atom. The molecule has 5 rings (SSSR count). The maximum Gasteiger partial charge on any atom is 0.127 e. The molecule has 1 aromatic heterocycles. The van der Waals surface area contributed by atoms with Crippen LogP contribution in [0.5, 0.6) is 5.75 Å². The third-order valence-corrected chi connectivity index (χ3v) is 7.20. The van der Waals surface area contributed by atoms with Gasteiger partial charge in [-0.1, -0.05) is 41.4 Å². The quantitative estimate of drug-likeness (QED) is 0.206. The molecule has 0 unspecified atom stereocenters. The number of hydrogen-bond donors (Lipinski definition) is 0. The number of unbranched alkanes of at least 4 members (excludes halogenated alkanes) is 1. The minimum atomic E-state index is -0.394. The zero-order valence-corrected chi connectivity index (χ0v) is 20.4. The Bertz CT molecular complexity index is 1190. The van der Waals surface area contributed by atoms with E-state index in [0.29, 0.717) is 29.2 Å². The van der Waals surface area contributed by atoms with E-state index in [2.05, 4.69) is 11.1 Å². The van der Waals surface area contributed by atoms with Crippen LogP contribution in [-0.2, 0) is 28.2 Å². The fourth-order valence-corrected chi connectivity index (χ4v) is 4.80. The van der Waals surface area contributed by atoms with Crippen LogP contribution in [0.15, 0.2) is 54.9 Å². The first-order chi connectivity index (χ1) is 16.6. The van der Waals surface area contributed by atoms with E-state index in [1.165, 1.54) is 0 Å². The molecule has 4 nitrogen and oxygen atoms in total. The molecule has 176 valence electrons. The van der Waals surface area contributed by atoms with Crippen molar-refractivity contribution in [2.24, 2.45) is 0 Å². The van der Waals surface area contributed by atoms with Gasteiger partial charge in [-0.25, -0.2) is 0 Å². The van der Waals surface area contributed by atoms with Crippen LogP contribution in [0.4, 0.5) is 0 Å². The fourth-order valence-electron chi connectivity index (χ4n) is 4.28. The highest BCUT2D eigenvalue weighted by atomic mass is 35.5. The van der Waals surface area contributed by atoms with Crippen molar-refractivity contribution in [3.8, 4) is 16.9 Å². The maximum absolute atomic E-state index is 10.6. The lowest BCUT2D eigenvalue weighted by Crippen LogP contribution is -2.14. The maximum atomic E-state index is 10.6. The van der Waals surface area contributed by atoms with Crippen molar-refractivity contribution in [3.63, 3.8) is 0 Å². The number of aryl methyl sites for hydroxylation is 1. The Morgan fingerprint density at radius 2 is 1.79 bits per heavy atom. The van der Waals surface area contributed by atoms with E-state index >= 15 is 0 Å². The zero-order valence-electron chi connectivity index (χ0n) is 18.9. The molecule has 1 heterocycles. The molecular weight excluding hydrogens is 469 g/mol. The summed E-state index contributed by atoms with van der Waals surface area (Å²) in [5.74, 6) is 0.910. The van der Waals surface area contributed by atoms with Gasteiger partial charge in [-0.3, -0.25) is 4.98 Å². The number of para-hydroxylation sites is 1. The molecule has 0 radical (unpaired) electrons. The summed E-state index contributed by atoms with van der Waals surface area (Å²) in [6, 6.07) is 14.0. The largest absolute Gasteiger partial charge is 0.490 e. The molecule has 0 aliphatic heterocycles. The van der Waals surface area contributed by atoms with Crippen LogP contribution >= 0.6 is 23.2 Å². The van der Waals surface area contributed by atoms with Gasteiger partial charge in [0.05, 0.1) is 18.3 Å². The van der Waals surface area contributed by atoms with Crippen LogP contribution in [-0.4, -0.2) is 17.4 Å². The summed E-state index contributed by atoms with van der Waals surface area (Å²) in [5.41, 5.74) is 4.67. The van der Waals surface area contributed by atoms with Crippen LogP contribution in [0.3, 0.4) is 0 Å². The van der Waals surface area contributed by atoms with Gasteiger partial charge in [0.1, 0.15) is 12.0 Å². The number of carbonyl (C=O) groups excluding carboxylic acids is 1. The van der Waals surface area contributed by atoms with E-state index in [4.69, 9.17) is 32.7 Å². The van der Waals surface area contributed by atoms with Crippen molar-refractivity contribution in [3.05, 3.63) is 81.6 Å². The van der Waals surface area contributed by atoms with Crippen molar-refractivity contribution in [2.75, 3.05) is 0 Å². The first-order valence-electron chi connectivity index (χ1n) is 11.8. The van der Waals surface area contributed by atoms with E-state index in [0.717, 1.165) is 78.4 Å². The molecule has 0 atom stereocenters. The average molecular weight is 496 g/mol. The van der Waals surface area contributed by atoms with Gasteiger partial charge in [0, 0.05) is 40.0 Å². The number of carbonyl (C=O) groups is 1. The van der Waals surface area contributed by atoms with Gasteiger partial charge >= 0.3 is 0 Å². The topological polar surface area (TPSA) is 48.4 Å². The minimum absolute atomic E-state index is 0.325. The van der Waals surface area contributed by atoms with E-state index in [1.54, 1.807) is 0 Å². The average Bonchev–Trinajstić information content (AvgIpc) is 3.78. The normalized spacial score (nSPS) is 16.3. The lowest BCUT2D eigenvalue weighted by Gasteiger charge is -2.22. The Morgan fingerprint density at radius 1 is 1.03 bits per heavy atom.